The van der Waals surface area contributed by atoms with E-state index in [1.165, 1.54) is 13.1 Å². The third-order valence-corrected chi connectivity index (χ3v) is 4.16. The van der Waals surface area contributed by atoms with Crippen LogP contribution in [0, 0.1) is 12.8 Å². The predicted molar refractivity (Wildman–Crippen MR) is 99.6 cm³/mol. The average Bonchev–Trinajstić information content (AvgIpc) is 2.82. The normalized spacial score (nSPS) is 12.1. The standard InChI is InChI=1S/C17H20Cl2N4O3/c1-9(2)8-23-15(19)13(10(3)22-23)17(25)26-11(4)16(24)21-12-6-5-7-20-14(12)18/h5-7,9,11H,8H2,1-4H3,(H,21,24)/t11-/m1/s1. The maximum Gasteiger partial charge on any atom is 0.343 e. The highest BCUT2D eigenvalue weighted by molar-refractivity contribution is 6.33. The number of anilines is 1. The summed E-state index contributed by atoms with van der Waals surface area (Å²) in [6, 6.07) is 3.23. The van der Waals surface area contributed by atoms with E-state index in [0.29, 0.717) is 23.8 Å². The van der Waals surface area contributed by atoms with E-state index in [9.17, 15) is 9.59 Å². The number of aryl methyl sites for hydroxylation is 1. The number of halogens is 2. The van der Waals surface area contributed by atoms with Gasteiger partial charge in [-0.25, -0.2) is 9.78 Å². The van der Waals surface area contributed by atoms with Crippen molar-refractivity contribution in [3.8, 4) is 0 Å². The lowest BCUT2D eigenvalue weighted by molar-refractivity contribution is -0.123. The Labute approximate surface area is 161 Å². The lowest BCUT2D eigenvalue weighted by Crippen LogP contribution is -2.30. The molecule has 26 heavy (non-hydrogen) atoms. The Kier molecular flexibility index (Phi) is 6.61. The first-order chi connectivity index (χ1) is 12.2. The molecule has 2 heterocycles. The molecular formula is C17H20Cl2N4O3. The SMILES string of the molecule is Cc1nn(CC(C)C)c(Cl)c1C(=O)O[C@H](C)C(=O)Nc1cccnc1Cl. The molecule has 0 saturated heterocycles. The smallest absolute Gasteiger partial charge is 0.343 e. The molecule has 2 aromatic heterocycles. The summed E-state index contributed by atoms with van der Waals surface area (Å²) in [4.78, 5) is 28.5. The number of rotatable bonds is 6. The number of hydrogen-bond acceptors (Lipinski definition) is 5. The first-order valence-electron chi connectivity index (χ1n) is 8.06. The first-order valence-corrected chi connectivity index (χ1v) is 8.81. The molecular weight excluding hydrogens is 379 g/mol. The van der Waals surface area contributed by atoms with E-state index >= 15 is 0 Å². The summed E-state index contributed by atoms with van der Waals surface area (Å²) in [5, 5.41) is 7.17. The van der Waals surface area contributed by atoms with Crippen LogP contribution in [0.1, 0.15) is 36.8 Å². The molecule has 0 aliphatic heterocycles. The van der Waals surface area contributed by atoms with Gasteiger partial charge in [0.1, 0.15) is 10.7 Å². The van der Waals surface area contributed by atoms with Gasteiger partial charge < -0.3 is 10.1 Å². The number of carbonyl (C=O) groups is 2. The summed E-state index contributed by atoms with van der Waals surface area (Å²) in [5.41, 5.74) is 0.941. The summed E-state index contributed by atoms with van der Waals surface area (Å²) in [6.07, 6.45) is 0.448. The van der Waals surface area contributed by atoms with Crippen molar-refractivity contribution in [1.82, 2.24) is 14.8 Å². The highest BCUT2D eigenvalue weighted by atomic mass is 35.5. The second kappa shape index (κ2) is 8.51. The molecule has 0 aliphatic carbocycles. The van der Waals surface area contributed by atoms with Crippen LogP contribution in [0.5, 0.6) is 0 Å². The molecule has 0 saturated carbocycles. The largest absolute Gasteiger partial charge is 0.449 e. The molecule has 0 aliphatic rings. The monoisotopic (exact) mass is 398 g/mol. The molecule has 7 nitrogen and oxygen atoms in total. The predicted octanol–water partition coefficient (Wildman–Crippen LogP) is 3.73. The van der Waals surface area contributed by atoms with Crippen LogP contribution in [0.4, 0.5) is 5.69 Å². The van der Waals surface area contributed by atoms with Gasteiger partial charge in [0.15, 0.2) is 11.3 Å². The fourth-order valence-electron chi connectivity index (χ4n) is 2.24. The Hall–Kier alpha value is -2.12. The van der Waals surface area contributed by atoms with Crippen molar-refractivity contribution in [2.45, 2.75) is 40.3 Å². The minimum Gasteiger partial charge on any atom is -0.449 e. The van der Waals surface area contributed by atoms with Crippen LogP contribution in [0.3, 0.4) is 0 Å². The Morgan fingerprint density at radius 2 is 2.00 bits per heavy atom. The molecule has 1 N–H and O–H groups in total. The Bertz CT molecular complexity index is 820. The molecule has 140 valence electrons. The molecule has 0 unspecified atom stereocenters. The summed E-state index contributed by atoms with van der Waals surface area (Å²) >= 11 is 12.2. The van der Waals surface area contributed by atoms with Crippen molar-refractivity contribution in [2.24, 2.45) is 5.92 Å². The topological polar surface area (TPSA) is 86.1 Å². The third kappa shape index (κ3) is 4.74. The molecule has 0 aromatic carbocycles. The Morgan fingerprint density at radius 3 is 2.62 bits per heavy atom. The zero-order valence-electron chi connectivity index (χ0n) is 14.9. The number of nitrogens with one attached hydrogen (secondary N) is 1. The van der Waals surface area contributed by atoms with Gasteiger partial charge in [-0.3, -0.25) is 9.48 Å². The van der Waals surface area contributed by atoms with Crippen LogP contribution in [-0.2, 0) is 16.1 Å². The number of aromatic nitrogens is 3. The van der Waals surface area contributed by atoms with Crippen LogP contribution in [0.2, 0.25) is 10.3 Å². The molecule has 2 rings (SSSR count). The second-order valence-corrected chi connectivity index (χ2v) is 6.92. The van der Waals surface area contributed by atoms with Crippen LogP contribution < -0.4 is 5.32 Å². The number of pyridine rings is 1. The van der Waals surface area contributed by atoms with Gasteiger partial charge in [0.05, 0.1) is 11.4 Å². The lowest BCUT2D eigenvalue weighted by Gasteiger charge is -2.14. The first kappa shape index (κ1) is 20.2. The van der Waals surface area contributed by atoms with Crippen LogP contribution in [0.15, 0.2) is 18.3 Å². The number of esters is 1. The summed E-state index contributed by atoms with van der Waals surface area (Å²) in [6.45, 7) is 7.73. The van der Waals surface area contributed by atoms with Gasteiger partial charge in [-0.15, -0.1) is 0 Å². The van der Waals surface area contributed by atoms with E-state index in [4.69, 9.17) is 27.9 Å². The van der Waals surface area contributed by atoms with E-state index < -0.39 is 18.0 Å². The van der Waals surface area contributed by atoms with Gasteiger partial charge in [-0.1, -0.05) is 37.0 Å². The Morgan fingerprint density at radius 1 is 1.31 bits per heavy atom. The third-order valence-electron chi connectivity index (χ3n) is 3.48. The molecule has 9 heteroatoms. The lowest BCUT2D eigenvalue weighted by atomic mass is 10.2. The maximum atomic E-state index is 12.4. The van der Waals surface area contributed by atoms with Crippen molar-refractivity contribution < 1.29 is 14.3 Å². The fraction of sp³-hybridized carbons (Fsp3) is 0.412. The number of carbonyl (C=O) groups excluding carboxylic acids is 2. The highest BCUT2D eigenvalue weighted by Crippen LogP contribution is 2.23. The average molecular weight is 399 g/mol. The van der Waals surface area contributed by atoms with E-state index in [1.54, 1.807) is 23.7 Å². The quantitative estimate of drug-likeness (QED) is 0.591. The molecule has 1 atom stereocenters. The van der Waals surface area contributed by atoms with Gasteiger partial charge in [0.2, 0.25) is 0 Å². The van der Waals surface area contributed by atoms with E-state index in [1.807, 2.05) is 13.8 Å². The number of nitrogens with zero attached hydrogens (tertiary/aromatic N) is 3. The maximum absolute atomic E-state index is 12.4. The molecule has 0 spiro atoms. The Balaban J connectivity index is 2.08. The number of ether oxygens (including phenoxy) is 1. The van der Waals surface area contributed by atoms with Crippen molar-refractivity contribution in [2.75, 3.05) is 5.32 Å². The number of amides is 1. The highest BCUT2D eigenvalue weighted by Gasteiger charge is 2.26. The summed E-state index contributed by atoms with van der Waals surface area (Å²) < 4.78 is 6.79. The van der Waals surface area contributed by atoms with Gasteiger partial charge in [-0.05, 0) is 31.9 Å². The van der Waals surface area contributed by atoms with E-state index in [0.717, 1.165) is 0 Å². The van der Waals surface area contributed by atoms with Crippen LogP contribution in [0.25, 0.3) is 0 Å². The van der Waals surface area contributed by atoms with Gasteiger partial charge in [0, 0.05) is 12.7 Å². The molecule has 0 bridgehead atoms. The second-order valence-electron chi connectivity index (χ2n) is 6.21. The van der Waals surface area contributed by atoms with Gasteiger partial charge in [-0.2, -0.15) is 5.10 Å². The fourth-order valence-corrected chi connectivity index (χ4v) is 2.73. The van der Waals surface area contributed by atoms with Crippen molar-refractivity contribution in [3.05, 3.63) is 39.9 Å². The van der Waals surface area contributed by atoms with E-state index in [2.05, 4.69) is 15.4 Å². The zero-order valence-corrected chi connectivity index (χ0v) is 16.4. The summed E-state index contributed by atoms with van der Waals surface area (Å²) in [5.74, 6) is -0.927. The van der Waals surface area contributed by atoms with E-state index in [-0.39, 0.29) is 15.9 Å². The molecule has 1 amide bonds. The van der Waals surface area contributed by atoms with Crippen molar-refractivity contribution in [3.63, 3.8) is 0 Å². The van der Waals surface area contributed by atoms with Crippen molar-refractivity contribution >= 4 is 40.8 Å². The number of hydrogen-bond donors (Lipinski definition) is 1. The molecule has 0 fully saturated rings. The van der Waals surface area contributed by atoms with Crippen LogP contribution >= 0.6 is 23.2 Å². The molecule has 0 radical (unpaired) electrons. The van der Waals surface area contributed by atoms with Gasteiger partial charge in [0.25, 0.3) is 5.91 Å². The zero-order chi connectivity index (χ0) is 19.4. The minimum absolute atomic E-state index is 0.147. The van der Waals surface area contributed by atoms with Gasteiger partial charge >= 0.3 is 5.97 Å². The van der Waals surface area contributed by atoms with Crippen LogP contribution in [-0.4, -0.2) is 32.7 Å². The minimum atomic E-state index is -1.05. The molecule has 2 aromatic rings. The van der Waals surface area contributed by atoms with Crippen molar-refractivity contribution in [1.29, 1.82) is 0 Å². The summed E-state index contributed by atoms with van der Waals surface area (Å²) in [7, 11) is 0.